The molecule has 8 nitrogen and oxygen atoms in total. The van der Waals surface area contributed by atoms with Crippen LogP contribution >= 0.6 is 0 Å². The van der Waals surface area contributed by atoms with E-state index >= 15 is 0 Å². The minimum absolute atomic E-state index is 0.0189. The van der Waals surface area contributed by atoms with Crippen LogP contribution in [0.25, 0.3) is 10.9 Å². The Labute approximate surface area is 187 Å². The summed E-state index contributed by atoms with van der Waals surface area (Å²) in [4.78, 5) is 28.4. The maximum atomic E-state index is 13.5. The van der Waals surface area contributed by atoms with Crippen LogP contribution in [-0.4, -0.2) is 64.1 Å². The number of carbonyl (C=O) groups is 1. The lowest BCUT2D eigenvalue weighted by Gasteiger charge is -2.35. The average molecular weight is 437 g/mol. The Morgan fingerprint density at radius 3 is 2.62 bits per heavy atom. The largest absolute Gasteiger partial charge is 0.379 e. The summed E-state index contributed by atoms with van der Waals surface area (Å²) in [5, 5.41) is 11.8. The summed E-state index contributed by atoms with van der Waals surface area (Å²) in [5.41, 5.74) is 1.94. The molecule has 1 atom stereocenters. The number of nitro benzene ring substituents is 1. The number of rotatable bonds is 8. The molecule has 1 aromatic heterocycles. The summed E-state index contributed by atoms with van der Waals surface area (Å²) < 4.78 is 7.31. The SMILES string of the molecule is CC(CN1CCOCC1)N(Cc1ccccc1)C(=O)Cn1ccc2cc([N+](=O)[O-])ccc21. The van der Waals surface area contributed by atoms with Gasteiger partial charge in [0.1, 0.15) is 6.54 Å². The van der Waals surface area contributed by atoms with Crippen molar-refractivity contribution in [2.24, 2.45) is 0 Å². The third-order valence-corrected chi connectivity index (χ3v) is 5.95. The average Bonchev–Trinajstić information content (AvgIpc) is 3.20. The van der Waals surface area contributed by atoms with E-state index < -0.39 is 4.92 Å². The molecular weight excluding hydrogens is 408 g/mol. The van der Waals surface area contributed by atoms with Gasteiger partial charge in [-0.1, -0.05) is 30.3 Å². The van der Waals surface area contributed by atoms with Crippen LogP contribution in [0.1, 0.15) is 12.5 Å². The number of morpholine rings is 1. The van der Waals surface area contributed by atoms with E-state index in [0.29, 0.717) is 6.54 Å². The maximum Gasteiger partial charge on any atom is 0.270 e. The number of amides is 1. The Bertz CT molecular complexity index is 1080. The van der Waals surface area contributed by atoms with Gasteiger partial charge in [0.15, 0.2) is 0 Å². The lowest BCUT2D eigenvalue weighted by molar-refractivity contribution is -0.384. The topological polar surface area (TPSA) is 80.8 Å². The highest BCUT2D eigenvalue weighted by molar-refractivity contribution is 5.85. The number of hydrogen-bond donors (Lipinski definition) is 0. The second-order valence-electron chi connectivity index (χ2n) is 8.21. The van der Waals surface area contributed by atoms with Crippen molar-refractivity contribution in [3.05, 3.63) is 76.5 Å². The Balaban J connectivity index is 1.53. The van der Waals surface area contributed by atoms with Gasteiger partial charge >= 0.3 is 0 Å². The number of fused-ring (bicyclic) bond motifs is 1. The molecule has 0 aliphatic carbocycles. The Morgan fingerprint density at radius 2 is 1.91 bits per heavy atom. The van der Waals surface area contributed by atoms with Gasteiger partial charge in [-0.2, -0.15) is 0 Å². The fourth-order valence-corrected chi connectivity index (χ4v) is 4.20. The summed E-state index contributed by atoms with van der Waals surface area (Å²) in [7, 11) is 0. The van der Waals surface area contributed by atoms with Crippen LogP contribution in [0.5, 0.6) is 0 Å². The van der Waals surface area contributed by atoms with E-state index in [9.17, 15) is 14.9 Å². The first-order valence-electron chi connectivity index (χ1n) is 10.9. The van der Waals surface area contributed by atoms with Gasteiger partial charge in [0, 0.05) is 61.5 Å². The van der Waals surface area contributed by atoms with Crippen molar-refractivity contribution in [2.45, 2.75) is 26.1 Å². The summed E-state index contributed by atoms with van der Waals surface area (Å²) >= 11 is 0. The number of aromatic nitrogens is 1. The maximum absolute atomic E-state index is 13.5. The van der Waals surface area contributed by atoms with E-state index in [2.05, 4.69) is 11.8 Å². The van der Waals surface area contributed by atoms with E-state index in [-0.39, 0.29) is 24.2 Å². The summed E-state index contributed by atoms with van der Waals surface area (Å²) in [5.74, 6) is 0.0189. The van der Waals surface area contributed by atoms with Gasteiger partial charge in [0.2, 0.25) is 5.91 Å². The summed E-state index contributed by atoms with van der Waals surface area (Å²) in [6.45, 7) is 6.80. The lowest BCUT2D eigenvalue weighted by atomic mass is 10.1. The number of nitro groups is 1. The summed E-state index contributed by atoms with van der Waals surface area (Å²) in [6.07, 6.45) is 1.82. The zero-order chi connectivity index (χ0) is 22.5. The van der Waals surface area contributed by atoms with Crippen LogP contribution in [0.2, 0.25) is 0 Å². The van der Waals surface area contributed by atoms with Crippen molar-refractivity contribution >= 4 is 22.5 Å². The lowest BCUT2D eigenvalue weighted by Crippen LogP contribution is -2.48. The fourth-order valence-electron chi connectivity index (χ4n) is 4.20. The van der Waals surface area contributed by atoms with Gasteiger partial charge in [-0.3, -0.25) is 19.8 Å². The molecule has 0 N–H and O–H groups in total. The number of hydrogen-bond acceptors (Lipinski definition) is 5. The molecule has 0 spiro atoms. The first-order valence-corrected chi connectivity index (χ1v) is 10.9. The molecular formula is C24H28N4O4. The third-order valence-electron chi connectivity index (χ3n) is 5.95. The van der Waals surface area contributed by atoms with E-state index in [1.54, 1.807) is 12.1 Å². The quantitative estimate of drug-likeness (QED) is 0.400. The molecule has 1 saturated heterocycles. The molecule has 1 amide bonds. The molecule has 1 unspecified atom stereocenters. The van der Waals surface area contributed by atoms with Gasteiger partial charge < -0.3 is 14.2 Å². The third kappa shape index (κ3) is 5.15. The minimum atomic E-state index is -0.406. The highest BCUT2D eigenvalue weighted by Gasteiger charge is 2.24. The van der Waals surface area contributed by atoms with Gasteiger partial charge in [0.05, 0.1) is 18.1 Å². The number of benzene rings is 2. The molecule has 1 fully saturated rings. The zero-order valence-electron chi connectivity index (χ0n) is 18.2. The fraction of sp³-hybridized carbons (Fsp3) is 0.375. The first-order chi connectivity index (χ1) is 15.5. The number of non-ortho nitro benzene ring substituents is 1. The molecule has 168 valence electrons. The molecule has 1 aliphatic rings. The molecule has 0 bridgehead atoms. The standard InChI is InChI=1S/C24H28N4O4/c1-19(16-25-11-13-32-14-12-25)27(17-20-5-3-2-4-6-20)24(29)18-26-10-9-21-15-22(28(30)31)7-8-23(21)26/h2-10,15,19H,11-14,16-18H2,1H3. The molecule has 0 radical (unpaired) electrons. The predicted molar refractivity (Wildman–Crippen MR) is 122 cm³/mol. The van der Waals surface area contributed by atoms with E-state index in [1.165, 1.54) is 6.07 Å². The number of carbonyl (C=O) groups excluding carboxylic acids is 1. The molecule has 4 rings (SSSR count). The van der Waals surface area contributed by atoms with Crippen LogP contribution in [0, 0.1) is 10.1 Å². The molecule has 3 aromatic rings. The molecule has 2 heterocycles. The van der Waals surface area contributed by atoms with E-state index in [4.69, 9.17) is 4.74 Å². The number of ether oxygens (including phenoxy) is 1. The van der Waals surface area contributed by atoms with Gasteiger partial charge in [0.25, 0.3) is 5.69 Å². The normalized spacial score (nSPS) is 15.5. The Morgan fingerprint density at radius 1 is 1.16 bits per heavy atom. The molecule has 1 aliphatic heterocycles. The highest BCUT2D eigenvalue weighted by Crippen LogP contribution is 2.22. The zero-order valence-corrected chi connectivity index (χ0v) is 18.2. The Hall–Kier alpha value is -3.23. The van der Waals surface area contributed by atoms with Crippen molar-refractivity contribution in [3.8, 4) is 0 Å². The highest BCUT2D eigenvalue weighted by atomic mass is 16.6. The van der Waals surface area contributed by atoms with Crippen LogP contribution in [0.15, 0.2) is 60.8 Å². The monoisotopic (exact) mass is 436 g/mol. The van der Waals surface area contributed by atoms with Crippen LogP contribution < -0.4 is 0 Å². The Kier molecular flexibility index (Phi) is 6.82. The molecule has 0 saturated carbocycles. The predicted octanol–water partition coefficient (Wildman–Crippen LogP) is 3.30. The molecule has 2 aromatic carbocycles. The van der Waals surface area contributed by atoms with Crippen LogP contribution in [0.3, 0.4) is 0 Å². The summed E-state index contributed by atoms with van der Waals surface area (Å²) in [6, 6.07) is 16.6. The van der Waals surface area contributed by atoms with Gasteiger partial charge in [-0.05, 0) is 24.6 Å². The smallest absolute Gasteiger partial charge is 0.270 e. The van der Waals surface area contributed by atoms with E-state index in [1.807, 2.05) is 52.1 Å². The molecule has 8 heteroatoms. The van der Waals surface area contributed by atoms with Gasteiger partial charge in [-0.15, -0.1) is 0 Å². The second-order valence-corrected chi connectivity index (χ2v) is 8.21. The first kappa shape index (κ1) is 22.0. The minimum Gasteiger partial charge on any atom is -0.379 e. The van der Waals surface area contributed by atoms with Gasteiger partial charge in [-0.25, -0.2) is 0 Å². The van der Waals surface area contributed by atoms with Crippen LogP contribution in [-0.2, 0) is 22.6 Å². The van der Waals surface area contributed by atoms with Crippen molar-refractivity contribution in [3.63, 3.8) is 0 Å². The van der Waals surface area contributed by atoms with Crippen molar-refractivity contribution in [2.75, 3.05) is 32.8 Å². The van der Waals surface area contributed by atoms with Crippen molar-refractivity contribution in [1.82, 2.24) is 14.4 Å². The number of nitrogens with zero attached hydrogens (tertiary/aromatic N) is 4. The second kappa shape index (κ2) is 9.93. The van der Waals surface area contributed by atoms with E-state index in [0.717, 1.165) is 49.3 Å². The van der Waals surface area contributed by atoms with Crippen molar-refractivity contribution < 1.29 is 14.5 Å². The van der Waals surface area contributed by atoms with Crippen molar-refractivity contribution in [1.29, 1.82) is 0 Å². The van der Waals surface area contributed by atoms with Crippen LogP contribution in [0.4, 0.5) is 5.69 Å². The molecule has 32 heavy (non-hydrogen) atoms.